The molecule has 0 radical (unpaired) electrons. The Bertz CT molecular complexity index is 1920. The first kappa shape index (κ1) is 37.6. The number of hydrogen-bond donors (Lipinski definition) is 1. The molecular weight excluding hydrogens is 677 g/mol. The van der Waals surface area contributed by atoms with E-state index in [0.29, 0.717) is 99.3 Å². The van der Waals surface area contributed by atoms with Gasteiger partial charge in [-0.2, -0.15) is 9.50 Å². The number of nitrogens with zero attached hydrogens (tertiary/aromatic N) is 8. The number of allylic oxidation sites excluding steroid dienone is 5. The van der Waals surface area contributed by atoms with Crippen LogP contribution in [0.15, 0.2) is 74.8 Å². The Morgan fingerprint density at radius 3 is 2.57 bits per heavy atom. The molecule has 272 valence electrons. The number of carbonyl (C=O) groups excluding carboxylic acids is 2. The van der Waals surface area contributed by atoms with E-state index in [-0.39, 0.29) is 35.5 Å². The minimum absolute atomic E-state index is 0.0139. The fourth-order valence-corrected chi connectivity index (χ4v) is 6.43. The van der Waals surface area contributed by atoms with Crippen LogP contribution in [0, 0.1) is 0 Å². The topological polar surface area (TPSA) is 139 Å². The average molecular weight is 722 g/mol. The third-order valence-corrected chi connectivity index (χ3v) is 9.26. The van der Waals surface area contributed by atoms with Gasteiger partial charge in [0.25, 0.3) is 5.56 Å². The molecule has 1 N–H and O–H groups in total. The molecular formula is C36H45ClFN9O4. The van der Waals surface area contributed by atoms with Crippen molar-refractivity contribution in [1.29, 1.82) is 0 Å². The molecule has 2 amide bonds. The van der Waals surface area contributed by atoms with E-state index in [9.17, 15) is 18.8 Å². The van der Waals surface area contributed by atoms with Gasteiger partial charge in [0.05, 0.1) is 30.5 Å². The lowest BCUT2D eigenvalue weighted by atomic mass is 9.97. The normalized spacial score (nSPS) is 17.6. The van der Waals surface area contributed by atoms with Gasteiger partial charge in [0.2, 0.25) is 17.6 Å². The molecule has 0 aliphatic carbocycles. The number of anilines is 1. The number of fused-ring (bicyclic) bond motifs is 1. The number of amidine groups is 1. The summed E-state index contributed by atoms with van der Waals surface area (Å²) in [5, 5.41) is 7.46. The summed E-state index contributed by atoms with van der Waals surface area (Å²) >= 11 is 6.21. The highest BCUT2D eigenvalue weighted by atomic mass is 35.5. The number of hydrogen-bond acceptors (Lipinski definition) is 9. The fourth-order valence-electron chi connectivity index (χ4n) is 6.27. The number of halogens is 2. The maximum absolute atomic E-state index is 14.6. The van der Waals surface area contributed by atoms with Crippen LogP contribution in [0.5, 0.6) is 0 Å². The highest BCUT2D eigenvalue weighted by Crippen LogP contribution is 2.25. The molecule has 0 atom stereocenters. The van der Waals surface area contributed by atoms with Gasteiger partial charge in [-0.1, -0.05) is 38.7 Å². The summed E-state index contributed by atoms with van der Waals surface area (Å²) in [5.74, 6) is 0.318. The van der Waals surface area contributed by atoms with Crippen molar-refractivity contribution < 1.29 is 18.7 Å². The van der Waals surface area contributed by atoms with Gasteiger partial charge in [0, 0.05) is 56.5 Å². The largest absolute Gasteiger partial charge is 0.377 e. The van der Waals surface area contributed by atoms with Crippen molar-refractivity contribution >= 4 is 46.4 Å². The highest BCUT2D eigenvalue weighted by molar-refractivity contribution is 6.19. The Labute approximate surface area is 301 Å². The molecule has 51 heavy (non-hydrogen) atoms. The van der Waals surface area contributed by atoms with E-state index >= 15 is 0 Å². The second kappa shape index (κ2) is 16.6. The third kappa shape index (κ3) is 8.62. The van der Waals surface area contributed by atoms with Gasteiger partial charge >= 0.3 is 0 Å². The number of alkyl halides is 2. The van der Waals surface area contributed by atoms with E-state index in [0.717, 1.165) is 5.57 Å². The van der Waals surface area contributed by atoms with E-state index in [1.54, 1.807) is 27.8 Å². The summed E-state index contributed by atoms with van der Waals surface area (Å²) in [7, 11) is 0. The Morgan fingerprint density at radius 2 is 1.94 bits per heavy atom. The van der Waals surface area contributed by atoms with Crippen molar-refractivity contribution in [2.75, 3.05) is 50.2 Å². The molecule has 2 aromatic heterocycles. The summed E-state index contributed by atoms with van der Waals surface area (Å²) in [6, 6.07) is 0. The van der Waals surface area contributed by atoms with Crippen LogP contribution in [0.1, 0.15) is 58.5 Å². The molecule has 2 aromatic rings. The molecule has 1 fully saturated rings. The van der Waals surface area contributed by atoms with Crippen LogP contribution < -0.4 is 15.8 Å². The number of aromatic nitrogens is 4. The smallest absolute Gasteiger partial charge is 0.299 e. The maximum atomic E-state index is 14.6. The predicted molar refractivity (Wildman–Crippen MR) is 197 cm³/mol. The molecule has 5 heterocycles. The molecule has 1 saturated heterocycles. The van der Waals surface area contributed by atoms with Crippen LogP contribution in [0.4, 0.5) is 10.1 Å². The van der Waals surface area contributed by atoms with Crippen molar-refractivity contribution in [2.45, 2.75) is 65.6 Å². The Balaban J connectivity index is 1.54. The molecule has 15 heteroatoms. The lowest BCUT2D eigenvalue weighted by Crippen LogP contribution is -2.51. The minimum Gasteiger partial charge on any atom is -0.377 e. The molecule has 0 unspecified atom stereocenters. The number of piperazine rings is 1. The molecule has 13 nitrogen and oxygen atoms in total. The lowest BCUT2D eigenvalue weighted by molar-refractivity contribution is -0.128. The first-order chi connectivity index (χ1) is 24.5. The molecule has 3 aliphatic rings. The second-order valence-corrected chi connectivity index (χ2v) is 13.0. The van der Waals surface area contributed by atoms with E-state index in [2.05, 4.69) is 27.0 Å². The van der Waals surface area contributed by atoms with Crippen LogP contribution in [0.3, 0.4) is 0 Å². The van der Waals surface area contributed by atoms with Crippen molar-refractivity contribution in [3.63, 3.8) is 0 Å². The molecule has 0 bridgehead atoms. The van der Waals surface area contributed by atoms with Crippen molar-refractivity contribution in [2.24, 2.45) is 9.98 Å². The zero-order chi connectivity index (χ0) is 36.7. The zero-order valence-corrected chi connectivity index (χ0v) is 30.4. The van der Waals surface area contributed by atoms with E-state index in [1.165, 1.54) is 24.4 Å². The molecule has 0 saturated carbocycles. The second-order valence-electron chi connectivity index (χ2n) is 12.8. The Kier molecular flexibility index (Phi) is 12.2. The molecule has 0 spiro atoms. The van der Waals surface area contributed by atoms with Gasteiger partial charge in [-0.25, -0.2) is 14.4 Å². The van der Waals surface area contributed by atoms with E-state index in [1.807, 2.05) is 30.9 Å². The van der Waals surface area contributed by atoms with Crippen LogP contribution in [-0.4, -0.2) is 98.4 Å². The summed E-state index contributed by atoms with van der Waals surface area (Å²) in [6.45, 7) is 12.9. The lowest BCUT2D eigenvalue weighted by Gasteiger charge is -2.37. The Morgan fingerprint density at radius 1 is 1.18 bits per heavy atom. The quantitative estimate of drug-likeness (QED) is 0.258. The van der Waals surface area contributed by atoms with Gasteiger partial charge < -0.3 is 24.4 Å². The summed E-state index contributed by atoms with van der Waals surface area (Å²) in [4.78, 5) is 58.5. The number of nitrogens with one attached hydrogen (secondary N) is 1. The monoisotopic (exact) mass is 721 g/mol. The molecule has 0 aromatic carbocycles. The predicted octanol–water partition coefficient (Wildman–Crippen LogP) is 4.06. The van der Waals surface area contributed by atoms with Crippen LogP contribution in [-0.2, 0) is 27.3 Å². The van der Waals surface area contributed by atoms with Gasteiger partial charge in [-0.15, -0.1) is 16.7 Å². The number of aliphatic imine (C=N–C) groups is 2. The van der Waals surface area contributed by atoms with Gasteiger partial charge in [-0.05, 0) is 44.4 Å². The fraction of sp³-hybridized carbons (Fsp3) is 0.472. The van der Waals surface area contributed by atoms with E-state index in [4.69, 9.17) is 21.3 Å². The maximum Gasteiger partial charge on any atom is 0.299 e. The number of carbonyl (C=O) groups is 2. The van der Waals surface area contributed by atoms with Gasteiger partial charge in [0.15, 0.2) is 11.7 Å². The number of amides is 2. The zero-order valence-electron chi connectivity index (χ0n) is 29.6. The van der Waals surface area contributed by atoms with Gasteiger partial charge in [-0.3, -0.25) is 14.4 Å². The third-order valence-electron chi connectivity index (χ3n) is 8.97. The summed E-state index contributed by atoms with van der Waals surface area (Å²) < 4.78 is 22.9. The van der Waals surface area contributed by atoms with E-state index < -0.39 is 11.6 Å². The number of rotatable bonds is 12. The van der Waals surface area contributed by atoms with Crippen LogP contribution in [0.25, 0.3) is 5.78 Å². The first-order valence-electron chi connectivity index (χ1n) is 17.2. The molecule has 5 rings (SSSR count). The average Bonchev–Trinajstić information content (AvgIpc) is 3.44. The summed E-state index contributed by atoms with van der Waals surface area (Å²) in [6.07, 6.45) is 11.9. The Hall–Kier alpha value is -4.69. The summed E-state index contributed by atoms with van der Waals surface area (Å²) in [5.41, 5.74) is 1.24. The standard InChI is InChI=1S/C36H45ClFN9O4/c1-6-25(36(4,5)38)11-12-26(22-37)40-30(48)23-46-28(7-2)31(44-16-18-45(19-17-44)33(49)24-13-20-51-21-14-24)34(50)47-35(46)42-32(43-47)27-10-9-15-39-29(8-3)41-27/h8-9,11-13,15H,3,6-7,10,14,16-23H2,1-2,4-5H3,(H,40,48)/b25-11+,26-12+. The number of ether oxygens (including phenoxy) is 1. The highest BCUT2D eigenvalue weighted by Gasteiger charge is 2.30. The van der Waals surface area contributed by atoms with Crippen molar-refractivity contribution in [3.8, 4) is 0 Å². The SMILES string of the molecule is C=CC1=NC=CCC(c2nc3n(CC(=O)N/C(=C/C=C(\CC)C(C)(C)F)CCl)c(CC)c(N4CCN(C(=O)C5=CCOCC5)CC4)c(=O)n3n2)=N1. The first-order valence-corrected chi connectivity index (χ1v) is 17.7. The van der Waals surface area contributed by atoms with Crippen LogP contribution in [0.2, 0.25) is 0 Å². The molecule has 3 aliphatic heterocycles. The minimum atomic E-state index is -1.53. The van der Waals surface area contributed by atoms with Crippen LogP contribution >= 0.6 is 11.6 Å². The van der Waals surface area contributed by atoms with Crippen molar-refractivity contribution in [3.05, 3.63) is 81.9 Å². The van der Waals surface area contributed by atoms with Gasteiger partial charge in [0.1, 0.15) is 17.9 Å². The van der Waals surface area contributed by atoms with Crippen molar-refractivity contribution in [1.82, 2.24) is 29.4 Å².